The summed E-state index contributed by atoms with van der Waals surface area (Å²) in [4.78, 5) is 39.9. The van der Waals surface area contributed by atoms with Crippen LogP contribution >= 0.6 is 0 Å². The van der Waals surface area contributed by atoms with Crippen molar-refractivity contribution in [3.63, 3.8) is 0 Å². The van der Waals surface area contributed by atoms with Gasteiger partial charge in [-0.2, -0.15) is 13.2 Å². The SMILES string of the molecule is C=C[C@]1(C)C[C@@H](OC(=O)CNc2cnc3c(c2)B(O)OC3)[C@]2(C)[C@H](C)CC[C@]3(CCC(=O)[C@H]32)[C@@H](C)[C@@H]1O.O=C(O)C(F)(F)F. The van der Waals surface area contributed by atoms with E-state index in [1.807, 2.05) is 6.92 Å². The van der Waals surface area contributed by atoms with Gasteiger partial charge in [0.1, 0.15) is 18.4 Å². The molecule has 4 N–H and O–H groups in total. The molecule has 3 fully saturated rings. The second kappa shape index (κ2) is 12.1. The van der Waals surface area contributed by atoms with Crippen molar-refractivity contribution in [3.05, 3.63) is 30.6 Å². The van der Waals surface area contributed by atoms with Gasteiger partial charge in [0.05, 0.1) is 30.3 Å². The number of anilines is 1. The van der Waals surface area contributed by atoms with E-state index in [4.69, 9.17) is 19.3 Å². The summed E-state index contributed by atoms with van der Waals surface area (Å²) in [5.41, 5.74) is 0.333. The number of Topliss-reactive ketones (excluding diaryl/α,β-unsaturated/α-hetero) is 1. The zero-order valence-electron chi connectivity index (χ0n) is 25.3. The van der Waals surface area contributed by atoms with E-state index in [1.54, 1.807) is 18.3 Å². The molecule has 3 saturated carbocycles. The highest BCUT2D eigenvalue weighted by Gasteiger charge is 2.68. The summed E-state index contributed by atoms with van der Waals surface area (Å²) in [7, 11) is -1.02. The number of fused-ring (bicyclic) bond motifs is 1. The van der Waals surface area contributed by atoms with Crippen molar-refractivity contribution < 1.29 is 52.2 Å². The monoisotopic (exact) mass is 624 g/mol. The second-order valence-electron chi connectivity index (χ2n) is 13.1. The van der Waals surface area contributed by atoms with Gasteiger partial charge in [0.15, 0.2) is 0 Å². The molecule has 0 radical (unpaired) electrons. The fraction of sp³-hybridized carbons (Fsp3) is 0.667. The Bertz CT molecular complexity index is 1310. The number of hydrogen-bond donors (Lipinski definition) is 4. The van der Waals surface area contributed by atoms with Crippen LogP contribution in [0.4, 0.5) is 18.9 Å². The second-order valence-corrected chi connectivity index (χ2v) is 13.1. The van der Waals surface area contributed by atoms with E-state index < -0.39 is 48.3 Å². The molecule has 1 aromatic rings. The molecule has 0 saturated heterocycles. The molecule has 44 heavy (non-hydrogen) atoms. The minimum absolute atomic E-state index is 0.0660. The van der Waals surface area contributed by atoms with Gasteiger partial charge >= 0.3 is 25.2 Å². The fourth-order valence-corrected chi connectivity index (χ4v) is 8.06. The molecule has 1 aliphatic heterocycles. The van der Waals surface area contributed by atoms with E-state index in [-0.39, 0.29) is 42.1 Å². The molecule has 14 heteroatoms. The number of carbonyl (C=O) groups is 3. The van der Waals surface area contributed by atoms with Gasteiger partial charge in [-0.1, -0.05) is 33.8 Å². The Morgan fingerprint density at radius 2 is 1.95 bits per heavy atom. The summed E-state index contributed by atoms with van der Waals surface area (Å²) < 4.78 is 43.2. The maximum Gasteiger partial charge on any atom is 0.493 e. The van der Waals surface area contributed by atoms with Crippen LogP contribution in [0.25, 0.3) is 0 Å². The zero-order chi connectivity index (χ0) is 32.8. The van der Waals surface area contributed by atoms with Crippen LogP contribution < -0.4 is 10.8 Å². The summed E-state index contributed by atoms with van der Waals surface area (Å²) in [6.45, 7) is 12.6. The van der Waals surface area contributed by atoms with Crippen LogP contribution in [0.5, 0.6) is 0 Å². The normalized spacial score (nSPS) is 36.2. The van der Waals surface area contributed by atoms with Crippen LogP contribution in [0.2, 0.25) is 0 Å². The standard InChI is InChI=1S/C28H39BN2O6.C2HF3O2/c1-6-26(4)12-22(37-23(33)14-30-18-11-19-20(31-13-18)15-36-29(19)35)27(5)16(2)7-9-28(17(3)25(26)34)10-8-21(32)24(27)28;3-2(4,5)1(6)7/h6,11,13,16-17,22,24-25,30,34-35H,1,7-10,12,14-15H2,2-5H3;(H,6,7)/t16-,17+,22-,24+,25+,26-,27+,28+;/m1./s1. The number of rotatable bonds is 5. The number of nitrogens with one attached hydrogen (secondary N) is 1. The number of hydrogen-bond acceptors (Lipinski definition) is 9. The molecule has 4 aliphatic rings. The largest absolute Gasteiger partial charge is 0.493 e. The first-order chi connectivity index (χ1) is 20.4. The number of ketones is 1. The lowest BCUT2D eigenvalue weighted by Gasteiger charge is -2.61. The first-order valence-corrected chi connectivity index (χ1v) is 14.8. The summed E-state index contributed by atoms with van der Waals surface area (Å²) in [6.07, 6.45) is 0.585. The Labute approximate surface area is 254 Å². The average molecular weight is 624 g/mol. The third kappa shape index (κ3) is 5.88. The van der Waals surface area contributed by atoms with Gasteiger partial charge in [-0.3, -0.25) is 14.6 Å². The molecule has 5 rings (SSSR count). The van der Waals surface area contributed by atoms with Crippen LogP contribution in [0, 0.1) is 34.0 Å². The van der Waals surface area contributed by atoms with Crippen molar-refractivity contribution in [2.24, 2.45) is 34.0 Å². The lowest BCUT2D eigenvalue weighted by Crippen LogP contribution is -2.63. The molecule has 8 atom stereocenters. The predicted molar refractivity (Wildman–Crippen MR) is 153 cm³/mol. The fourth-order valence-electron chi connectivity index (χ4n) is 8.06. The quantitative estimate of drug-likeness (QED) is 0.218. The number of carboxylic acids is 1. The Kier molecular flexibility index (Phi) is 9.32. The van der Waals surface area contributed by atoms with Gasteiger partial charge in [0, 0.05) is 28.6 Å². The van der Waals surface area contributed by atoms with Gasteiger partial charge < -0.3 is 29.9 Å². The summed E-state index contributed by atoms with van der Waals surface area (Å²) >= 11 is 0. The molecule has 3 aliphatic carbocycles. The number of pyridine rings is 1. The lowest BCUT2D eigenvalue weighted by atomic mass is 9.44. The van der Waals surface area contributed by atoms with E-state index in [9.17, 15) is 32.9 Å². The average Bonchev–Trinajstić information content (AvgIpc) is 3.52. The zero-order valence-corrected chi connectivity index (χ0v) is 25.3. The number of aliphatic hydroxyl groups is 1. The molecule has 10 nitrogen and oxygen atoms in total. The smallest absolute Gasteiger partial charge is 0.475 e. The van der Waals surface area contributed by atoms with E-state index in [0.29, 0.717) is 29.7 Å². The number of alkyl halides is 3. The van der Waals surface area contributed by atoms with E-state index in [2.05, 4.69) is 37.7 Å². The maximum absolute atomic E-state index is 13.5. The molecule has 0 unspecified atom stereocenters. The highest BCUT2D eigenvalue weighted by molar-refractivity contribution is 6.61. The topological polar surface area (TPSA) is 155 Å². The molecule has 0 amide bonds. The van der Waals surface area contributed by atoms with Crippen molar-refractivity contribution in [1.29, 1.82) is 0 Å². The first-order valence-electron chi connectivity index (χ1n) is 14.8. The van der Waals surface area contributed by atoms with Gasteiger partial charge in [0.2, 0.25) is 0 Å². The van der Waals surface area contributed by atoms with Crippen LogP contribution in [0.15, 0.2) is 24.9 Å². The molecule has 0 aromatic carbocycles. The van der Waals surface area contributed by atoms with E-state index in [1.165, 1.54) is 0 Å². The van der Waals surface area contributed by atoms with Crippen molar-refractivity contribution in [3.8, 4) is 0 Å². The Balaban J connectivity index is 0.000000566. The number of carbonyl (C=O) groups excluding carboxylic acids is 2. The van der Waals surface area contributed by atoms with E-state index >= 15 is 0 Å². The molecule has 242 valence electrons. The molecular formula is C30H40BF3N2O8. The third-order valence-electron chi connectivity index (χ3n) is 10.9. The Hall–Kier alpha value is -2.97. The van der Waals surface area contributed by atoms with E-state index in [0.717, 1.165) is 19.3 Å². The molecule has 1 aromatic heterocycles. The number of esters is 1. The minimum atomic E-state index is -5.08. The van der Waals surface area contributed by atoms with Crippen LogP contribution in [0.3, 0.4) is 0 Å². The number of aliphatic carboxylic acids is 1. The van der Waals surface area contributed by atoms with Gasteiger partial charge in [-0.15, -0.1) is 6.58 Å². The highest BCUT2D eigenvalue weighted by Crippen LogP contribution is 2.68. The van der Waals surface area contributed by atoms with Crippen LogP contribution in [-0.4, -0.2) is 70.0 Å². The lowest BCUT2D eigenvalue weighted by molar-refractivity contribution is -0.205. The Morgan fingerprint density at radius 3 is 2.57 bits per heavy atom. The third-order valence-corrected chi connectivity index (χ3v) is 10.9. The van der Waals surface area contributed by atoms with Crippen molar-refractivity contribution in [1.82, 2.24) is 4.98 Å². The highest BCUT2D eigenvalue weighted by atomic mass is 19.4. The summed E-state index contributed by atoms with van der Waals surface area (Å²) in [5, 5.41) is 31.8. The summed E-state index contributed by atoms with van der Waals surface area (Å²) in [6, 6.07) is 1.73. The number of aromatic nitrogens is 1. The van der Waals surface area contributed by atoms with Crippen LogP contribution in [-0.2, 0) is 30.4 Å². The van der Waals surface area contributed by atoms with Crippen molar-refractivity contribution >= 4 is 36.0 Å². The van der Waals surface area contributed by atoms with Crippen LogP contribution in [0.1, 0.15) is 65.5 Å². The van der Waals surface area contributed by atoms with Gasteiger partial charge in [-0.25, -0.2) is 4.79 Å². The summed E-state index contributed by atoms with van der Waals surface area (Å²) in [5.74, 6) is -3.10. The van der Waals surface area contributed by atoms with Gasteiger partial charge in [-0.05, 0) is 49.0 Å². The number of aliphatic hydroxyl groups excluding tert-OH is 1. The van der Waals surface area contributed by atoms with Crippen molar-refractivity contribution in [2.75, 3.05) is 11.9 Å². The first kappa shape index (κ1) is 33.9. The molecule has 2 heterocycles. The van der Waals surface area contributed by atoms with Gasteiger partial charge in [0.25, 0.3) is 0 Å². The molecule has 2 bridgehead atoms. The number of halogens is 3. The maximum atomic E-state index is 13.5. The number of carboxylic acid groups (broad SMARTS) is 1. The number of ether oxygens (including phenoxy) is 1. The van der Waals surface area contributed by atoms with Crippen molar-refractivity contribution in [2.45, 2.75) is 84.8 Å². The minimum Gasteiger partial charge on any atom is -0.475 e. The predicted octanol–water partition coefficient (Wildman–Crippen LogP) is 3.25. The number of nitrogens with zero attached hydrogens (tertiary/aromatic N) is 1. The molecular weight excluding hydrogens is 584 g/mol. The molecule has 0 spiro atoms. The Morgan fingerprint density at radius 1 is 1.30 bits per heavy atom.